The van der Waals surface area contributed by atoms with Crippen LogP contribution in [0, 0.1) is 0 Å². The van der Waals surface area contributed by atoms with Gasteiger partial charge < -0.3 is 25.4 Å². The van der Waals surface area contributed by atoms with Crippen LogP contribution in [0.1, 0.15) is 24.0 Å². The zero-order valence-corrected chi connectivity index (χ0v) is 19.0. The topological polar surface area (TPSA) is 89.2 Å². The molecule has 2 aromatic rings. The van der Waals surface area contributed by atoms with E-state index < -0.39 is 0 Å². The summed E-state index contributed by atoms with van der Waals surface area (Å²) in [5.74, 6) is 1.85. The molecule has 0 spiro atoms. The first-order valence-electron chi connectivity index (χ1n) is 9.23. The number of carbonyl (C=O) groups is 1. The fourth-order valence-corrected chi connectivity index (χ4v) is 3.18. The summed E-state index contributed by atoms with van der Waals surface area (Å²) in [4.78, 5) is 18.1. The highest BCUT2D eigenvalue weighted by Gasteiger charge is 2.19. The van der Waals surface area contributed by atoms with E-state index in [2.05, 4.69) is 16.4 Å². The van der Waals surface area contributed by atoms with Crippen LogP contribution in [0.3, 0.4) is 0 Å². The molecule has 0 aromatic heterocycles. The van der Waals surface area contributed by atoms with Crippen molar-refractivity contribution in [2.45, 2.75) is 25.9 Å². The van der Waals surface area contributed by atoms with Crippen molar-refractivity contribution in [2.75, 3.05) is 26.1 Å². The number of hydrogen-bond donors (Lipinski definition) is 2. The van der Waals surface area contributed by atoms with Gasteiger partial charge in [0.25, 0.3) is 0 Å². The first-order valence-corrected chi connectivity index (χ1v) is 9.23. The Morgan fingerprint density at radius 3 is 2.66 bits per heavy atom. The standard InChI is InChI=1S/C21H26N4O3.HI/c1-27-17-8-9-19(28-2)18(12-17)24-21(22)23-13-15-5-3-6-16(11-15)14-25-10-4-7-20(25)26;/h3,5-6,8-9,11-12H,4,7,10,13-14H2,1-2H3,(H3,22,23,24);1H. The SMILES string of the molecule is COc1ccc(OC)c(NC(N)=NCc2cccc(CN3CCCC3=O)c2)c1.I. The van der Waals surface area contributed by atoms with Crippen LogP contribution >= 0.6 is 24.0 Å². The fourth-order valence-electron chi connectivity index (χ4n) is 3.18. The number of ether oxygens (including phenoxy) is 2. The molecule has 7 nitrogen and oxygen atoms in total. The first-order chi connectivity index (χ1) is 13.6. The lowest BCUT2D eigenvalue weighted by atomic mass is 10.1. The molecule has 1 aliphatic heterocycles. The van der Waals surface area contributed by atoms with Gasteiger partial charge in [-0.25, -0.2) is 4.99 Å². The minimum atomic E-state index is 0. The maximum atomic E-state index is 11.8. The molecule has 0 unspecified atom stereocenters. The van der Waals surface area contributed by atoms with Gasteiger partial charge in [-0.15, -0.1) is 24.0 Å². The summed E-state index contributed by atoms with van der Waals surface area (Å²) >= 11 is 0. The Hall–Kier alpha value is -2.49. The summed E-state index contributed by atoms with van der Waals surface area (Å²) in [6.07, 6.45) is 1.60. The Bertz CT molecular complexity index is 873. The largest absolute Gasteiger partial charge is 0.497 e. The molecular weight excluding hydrogens is 483 g/mol. The smallest absolute Gasteiger partial charge is 0.222 e. The third-order valence-electron chi connectivity index (χ3n) is 4.64. The van der Waals surface area contributed by atoms with E-state index in [-0.39, 0.29) is 35.8 Å². The van der Waals surface area contributed by atoms with E-state index in [4.69, 9.17) is 15.2 Å². The number of nitrogens with one attached hydrogen (secondary N) is 1. The molecular formula is C21H27IN4O3. The lowest BCUT2D eigenvalue weighted by molar-refractivity contribution is -0.128. The molecule has 3 N–H and O–H groups in total. The first kappa shape index (κ1) is 22.8. The van der Waals surface area contributed by atoms with E-state index in [9.17, 15) is 4.79 Å². The number of nitrogens with two attached hydrogens (primary N) is 1. The third-order valence-corrected chi connectivity index (χ3v) is 4.64. The maximum Gasteiger partial charge on any atom is 0.222 e. The summed E-state index contributed by atoms with van der Waals surface area (Å²) < 4.78 is 10.6. The van der Waals surface area contributed by atoms with Gasteiger partial charge >= 0.3 is 0 Å². The van der Waals surface area contributed by atoms with Crippen LogP contribution < -0.4 is 20.5 Å². The minimum Gasteiger partial charge on any atom is -0.497 e. The second-order valence-electron chi connectivity index (χ2n) is 6.63. The van der Waals surface area contributed by atoms with Crippen molar-refractivity contribution in [3.8, 4) is 11.5 Å². The number of amides is 1. The van der Waals surface area contributed by atoms with Gasteiger partial charge in [0.1, 0.15) is 11.5 Å². The van der Waals surface area contributed by atoms with E-state index >= 15 is 0 Å². The van der Waals surface area contributed by atoms with Crippen LogP contribution in [-0.4, -0.2) is 37.5 Å². The molecule has 0 bridgehead atoms. The number of methoxy groups -OCH3 is 2. The summed E-state index contributed by atoms with van der Waals surface area (Å²) in [6, 6.07) is 13.5. The van der Waals surface area contributed by atoms with Gasteiger partial charge in [0, 0.05) is 25.6 Å². The van der Waals surface area contributed by atoms with Crippen molar-refractivity contribution in [3.05, 3.63) is 53.6 Å². The fraction of sp³-hybridized carbons (Fsp3) is 0.333. The molecule has 0 atom stereocenters. The van der Waals surface area contributed by atoms with Crippen LogP contribution in [0.5, 0.6) is 11.5 Å². The highest BCUT2D eigenvalue weighted by Crippen LogP contribution is 2.28. The normalized spacial score (nSPS) is 13.8. The van der Waals surface area contributed by atoms with Crippen LogP contribution in [0.2, 0.25) is 0 Å². The Morgan fingerprint density at radius 2 is 1.97 bits per heavy atom. The summed E-state index contributed by atoms with van der Waals surface area (Å²) in [7, 11) is 3.20. The van der Waals surface area contributed by atoms with Crippen molar-refractivity contribution < 1.29 is 14.3 Å². The average Bonchev–Trinajstić information content (AvgIpc) is 3.11. The van der Waals surface area contributed by atoms with E-state index in [1.54, 1.807) is 26.4 Å². The van der Waals surface area contributed by atoms with Crippen molar-refractivity contribution in [3.63, 3.8) is 0 Å². The van der Waals surface area contributed by atoms with Crippen molar-refractivity contribution in [2.24, 2.45) is 10.7 Å². The van der Waals surface area contributed by atoms with Gasteiger partial charge in [0.15, 0.2) is 5.96 Å². The molecule has 1 aliphatic rings. The van der Waals surface area contributed by atoms with E-state index in [0.717, 1.165) is 24.1 Å². The van der Waals surface area contributed by atoms with Crippen LogP contribution in [0.25, 0.3) is 0 Å². The number of guanidine groups is 1. The number of benzene rings is 2. The molecule has 0 saturated carbocycles. The van der Waals surface area contributed by atoms with Crippen LogP contribution in [-0.2, 0) is 17.9 Å². The lowest BCUT2D eigenvalue weighted by Crippen LogP contribution is -2.24. The van der Waals surface area contributed by atoms with E-state index in [0.29, 0.717) is 36.7 Å². The number of hydrogen-bond acceptors (Lipinski definition) is 4. The van der Waals surface area contributed by atoms with Crippen molar-refractivity contribution in [1.82, 2.24) is 4.90 Å². The van der Waals surface area contributed by atoms with Gasteiger partial charge in [-0.1, -0.05) is 24.3 Å². The summed E-state index contributed by atoms with van der Waals surface area (Å²) in [5.41, 5.74) is 8.87. The van der Waals surface area contributed by atoms with Gasteiger partial charge in [-0.05, 0) is 29.7 Å². The maximum absolute atomic E-state index is 11.8. The second-order valence-corrected chi connectivity index (χ2v) is 6.63. The predicted molar refractivity (Wildman–Crippen MR) is 125 cm³/mol. The monoisotopic (exact) mass is 510 g/mol. The number of rotatable bonds is 7. The summed E-state index contributed by atoms with van der Waals surface area (Å²) in [6.45, 7) is 1.92. The van der Waals surface area contributed by atoms with Gasteiger partial charge in [-0.2, -0.15) is 0 Å². The quantitative estimate of drug-likeness (QED) is 0.339. The number of carbonyl (C=O) groups excluding carboxylic acids is 1. The van der Waals surface area contributed by atoms with Crippen LogP contribution in [0.4, 0.5) is 5.69 Å². The van der Waals surface area contributed by atoms with E-state index in [1.165, 1.54) is 0 Å². The van der Waals surface area contributed by atoms with Crippen LogP contribution in [0.15, 0.2) is 47.5 Å². The molecule has 1 fully saturated rings. The molecule has 29 heavy (non-hydrogen) atoms. The Labute approximate surface area is 188 Å². The molecule has 2 aromatic carbocycles. The number of aliphatic imine (C=N–C) groups is 1. The number of halogens is 1. The van der Waals surface area contributed by atoms with Crippen molar-refractivity contribution >= 4 is 41.5 Å². The van der Waals surface area contributed by atoms with Gasteiger partial charge in [0.05, 0.1) is 26.5 Å². The van der Waals surface area contributed by atoms with Gasteiger partial charge in [0.2, 0.25) is 5.91 Å². The number of nitrogens with zero attached hydrogens (tertiary/aromatic N) is 2. The Balaban J connectivity index is 0.00000300. The number of likely N-dealkylation sites (tertiary alicyclic amines) is 1. The zero-order chi connectivity index (χ0) is 19.9. The minimum absolute atomic E-state index is 0. The average molecular weight is 510 g/mol. The van der Waals surface area contributed by atoms with Gasteiger partial charge in [-0.3, -0.25) is 4.79 Å². The molecule has 8 heteroatoms. The highest BCUT2D eigenvalue weighted by atomic mass is 127. The van der Waals surface area contributed by atoms with E-state index in [1.807, 2.05) is 29.2 Å². The Kier molecular flexibility index (Phi) is 8.56. The molecule has 1 amide bonds. The highest BCUT2D eigenvalue weighted by molar-refractivity contribution is 14.0. The molecule has 1 heterocycles. The summed E-state index contributed by atoms with van der Waals surface area (Å²) in [5, 5.41) is 3.06. The molecule has 156 valence electrons. The predicted octanol–water partition coefficient (Wildman–Crippen LogP) is 3.37. The molecule has 0 aliphatic carbocycles. The van der Waals surface area contributed by atoms with Crippen molar-refractivity contribution in [1.29, 1.82) is 0 Å². The molecule has 0 radical (unpaired) electrons. The second kappa shape index (κ2) is 10.9. The zero-order valence-electron chi connectivity index (χ0n) is 16.7. The molecule has 1 saturated heterocycles. The molecule has 3 rings (SSSR count). The third kappa shape index (κ3) is 6.25. The number of anilines is 1. The lowest BCUT2D eigenvalue weighted by Gasteiger charge is -2.16. The Morgan fingerprint density at radius 1 is 1.17 bits per heavy atom.